The molecule has 0 radical (unpaired) electrons. The van der Waals surface area contributed by atoms with Crippen LogP contribution in [0.5, 0.6) is 0 Å². The first-order valence-corrected chi connectivity index (χ1v) is 8.01. The smallest absolute Gasteiger partial charge is 0.212 e. The highest BCUT2D eigenvalue weighted by atomic mass is 16.4. The van der Waals surface area contributed by atoms with E-state index in [1.807, 2.05) is 13.2 Å². The quantitative estimate of drug-likeness (QED) is 0.642. The Morgan fingerprint density at radius 3 is 2.07 bits per heavy atom. The summed E-state index contributed by atoms with van der Waals surface area (Å²) in [5.74, 6) is 1.17. The molecule has 0 spiro atoms. The van der Waals surface area contributed by atoms with E-state index >= 15 is 0 Å². The Hall–Kier alpha value is -2.98. The van der Waals surface area contributed by atoms with E-state index in [0.717, 1.165) is 24.8 Å². The first-order chi connectivity index (χ1) is 12.9. The van der Waals surface area contributed by atoms with E-state index in [0.29, 0.717) is 23.7 Å². The number of carbonyl (C=O) groups is 3. The summed E-state index contributed by atoms with van der Waals surface area (Å²) in [6.07, 6.45) is 6.24. The molecule has 5 N–H and O–H groups in total. The van der Waals surface area contributed by atoms with Gasteiger partial charge in [-0.1, -0.05) is 6.92 Å². The maximum Gasteiger partial charge on any atom is 0.212 e. The molecular weight excluding hydrogens is 352 g/mol. The van der Waals surface area contributed by atoms with Gasteiger partial charge in [0.05, 0.1) is 5.69 Å². The Morgan fingerprint density at radius 1 is 1.19 bits per heavy atom. The number of carbonyl (C=O) groups excluding carboxylic acids is 3. The first-order valence-electron chi connectivity index (χ1n) is 8.01. The molecule has 0 aliphatic carbocycles. The van der Waals surface area contributed by atoms with Crippen LogP contribution in [0.2, 0.25) is 0 Å². The van der Waals surface area contributed by atoms with Crippen molar-refractivity contribution in [1.82, 2.24) is 14.1 Å². The van der Waals surface area contributed by atoms with E-state index in [1.54, 1.807) is 42.7 Å². The largest absolute Gasteiger partial charge is 0.388 e. The molecule has 10 heteroatoms. The molecule has 0 atom stereocenters. The van der Waals surface area contributed by atoms with Crippen molar-refractivity contribution in [2.24, 2.45) is 25.6 Å². The number of primary amides is 1. The summed E-state index contributed by atoms with van der Waals surface area (Å²) in [7, 11) is 6.87. The van der Waals surface area contributed by atoms with Crippen LogP contribution in [-0.4, -0.2) is 54.0 Å². The summed E-state index contributed by atoms with van der Waals surface area (Å²) in [6.45, 7) is 2.88. The Kier molecular flexibility index (Phi) is 16.0. The van der Waals surface area contributed by atoms with E-state index in [2.05, 4.69) is 27.7 Å². The third-order valence-electron chi connectivity index (χ3n) is 2.79. The van der Waals surface area contributed by atoms with Gasteiger partial charge in [0.1, 0.15) is 5.82 Å². The molecule has 2 heterocycles. The Labute approximate surface area is 159 Å². The van der Waals surface area contributed by atoms with Gasteiger partial charge in [-0.25, -0.2) is 4.98 Å². The zero-order chi connectivity index (χ0) is 21.2. The van der Waals surface area contributed by atoms with E-state index in [1.165, 1.54) is 0 Å². The number of rotatable bonds is 5. The average Bonchev–Trinajstić information content (AvgIpc) is 3.19. The molecule has 0 bridgehead atoms. The summed E-state index contributed by atoms with van der Waals surface area (Å²) in [4.78, 5) is 33.9. The van der Waals surface area contributed by atoms with Gasteiger partial charge in [-0.2, -0.15) is 0 Å². The van der Waals surface area contributed by atoms with Gasteiger partial charge in [0, 0.05) is 46.3 Å². The molecule has 152 valence electrons. The highest BCUT2D eigenvalue weighted by molar-refractivity contribution is 5.77. The Bertz CT molecular complexity index is 664. The lowest BCUT2D eigenvalue weighted by Gasteiger charge is -1.96. The van der Waals surface area contributed by atoms with Crippen LogP contribution < -0.4 is 16.8 Å². The van der Waals surface area contributed by atoms with E-state index < -0.39 is 0 Å². The molecule has 0 aliphatic heterocycles. The van der Waals surface area contributed by atoms with Crippen LogP contribution in [0.15, 0.2) is 18.5 Å². The predicted molar refractivity (Wildman–Crippen MR) is 105 cm³/mol. The van der Waals surface area contributed by atoms with Crippen LogP contribution in [0.4, 0.5) is 5.82 Å². The van der Waals surface area contributed by atoms with Crippen molar-refractivity contribution < 1.29 is 19.1 Å². The highest BCUT2D eigenvalue weighted by Crippen LogP contribution is 2.21. The second kappa shape index (κ2) is 16.5. The molecule has 10 nitrogen and oxygen atoms in total. The molecular formula is C17H30N6O4. The number of nitrogens with one attached hydrogen (secondary N) is 1. The maximum atomic E-state index is 10.8. The number of hydrogen-bond acceptors (Lipinski definition) is 6. The molecule has 0 aliphatic rings. The standard InChI is InChI=1S/C11H12N4O2.C3H9N.C2H6O.CH3NO/c1-14-4-8(3-9(14)6-16)11-13-10(12-7-17)5-15(11)2;1-2-3-4;1-3-2;2-1-3/h3-7H,1-2H3,(H,12,17);2-4H2,1H3;1-2H3;1H,(H2,2,3). The van der Waals surface area contributed by atoms with Gasteiger partial charge in [-0.15, -0.1) is 0 Å². The zero-order valence-corrected chi connectivity index (χ0v) is 16.5. The van der Waals surface area contributed by atoms with Gasteiger partial charge in [0.2, 0.25) is 12.8 Å². The van der Waals surface area contributed by atoms with Gasteiger partial charge in [0.15, 0.2) is 12.1 Å². The lowest BCUT2D eigenvalue weighted by atomic mass is 10.3. The molecule has 0 saturated carbocycles. The molecule has 0 aromatic carbocycles. The normalized spacial score (nSPS) is 8.67. The third kappa shape index (κ3) is 10.6. The van der Waals surface area contributed by atoms with Crippen molar-refractivity contribution in [3.8, 4) is 11.4 Å². The van der Waals surface area contributed by atoms with Gasteiger partial charge in [-0.05, 0) is 19.0 Å². The van der Waals surface area contributed by atoms with Crippen LogP contribution in [0.3, 0.4) is 0 Å². The van der Waals surface area contributed by atoms with Crippen LogP contribution in [-0.2, 0) is 28.4 Å². The van der Waals surface area contributed by atoms with Gasteiger partial charge in [-0.3, -0.25) is 14.4 Å². The average molecular weight is 382 g/mol. The Morgan fingerprint density at radius 2 is 1.70 bits per heavy atom. The predicted octanol–water partition coefficient (Wildman–Crippen LogP) is 0.526. The minimum atomic E-state index is 0.250. The topological polar surface area (TPSA) is 147 Å². The number of methoxy groups -OCH3 is 1. The van der Waals surface area contributed by atoms with Crippen LogP contribution in [0.25, 0.3) is 11.4 Å². The summed E-state index contributed by atoms with van der Waals surface area (Å²) in [6, 6.07) is 1.75. The lowest BCUT2D eigenvalue weighted by molar-refractivity contribution is -0.107. The van der Waals surface area contributed by atoms with Gasteiger partial charge < -0.3 is 30.7 Å². The maximum absolute atomic E-state index is 10.8. The molecule has 2 aromatic rings. The van der Waals surface area contributed by atoms with Crippen molar-refractivity contribution in [2.75, 3.05) is 26.1 Å². The fraction of sp³-hybridized carbons (Fsp3) is 0.412. The monoisotopic (exact) mass is 382 g/mol. The lowest BCUT2D eigenvalue weighted by Crippen LogP contribution is -1.93. The SMILES string of the molecule is CCCN.COC.Cn1cc(-c2nc(NC=O)cn2C)cc1C=O.NC=O. The minimum Gasteiger partial charge on any atom is -0.388 e. The van der Waals surface area contributed by atoms with Crippen molar-refractivity contribution in [2.45, 2.75) is 13.3 Å². The van der Waals surface area contributed by atoms with Gasteiger partial charge >= 0.3 is 0 Å². The summed E-state index contributed by atoms with van der Waals surface area (Å²) in [5.41, 5.74) is 10.6. The van der Waals surface area contributed by atoms with Crippen LogP contribution in [0.1, 0.15) is 23.8 Å². The molecule has 2 aromatic heterocycles. The van der Waals surface area contributed by atoms with Gasteiger partial charge in [0.25, 0.3) is 0 Å². The number of nitrogens with two attached hydrogens (primary N) is 2. The molecule has 0 saturated heterocycles. The number of aldehydes is 1. The molecule has 2 rings (SSSR count). The van der Waals surface area contributed by atoms with Crippen molar-refractivity contribution >= 4 is 24.9 Å². The van der Waals surface area contributed by atoms with Crippen LogP contribution >= 0.6 is 0 Å². The molecule has 0 unspecified atom stereocenters. The van der Waals surface area contributed by atoms with E-state index in [-0.39, 0.29) is 6.41 Å². The first kappa shape index (κ1) is 26.3. The van der Waals surface area contributed by atoms with E-state index in [9.17, 15) is 9.59 Å². The highest BCUT2D eigenvalue weighted by Gasteiger charge is 2.10. The summed E-state index contributed by atoms with van der Waals surface area (Å²) >= 11 is 0. The van der Waals surface area contributed by atoms with E-state index in [4.69, 9.17) is 10.5 Å². The summed E-state index contributed by atoms with van der Waals surface area (Å²) in [5, 5.41) is 2.49. The fourth-order valence-electron chi connectivity index (χ4n) is 1.69. The molecule has 0 fully saturated rings. The van der Waals surface area contributed by atoms with Crippen LogP contribution in [0, 0.1) is 0 Å². The number of aryl methyl sites for hydroxylation is 2. The number of hydrogen-bond donors (Lipinski definition) is 3. The summed E-state index contributed by atoms with van der Waals surface area (Å²) < 4.78 is 7.76. The molecule has 27 heavy (non-hydrogen) atoms. The number of imidazole rings is 1. The van der Waals surface area contributed by atoms with Crippen molar-refractivity contribution in [3.63, 3.8) is 0 Å². The van der Waals surface area contributed by atoms with Crippen molar-refractivity contribution in [3.05, 3.63) is 24.2 Å². The zero-order valence-electron chi connectivity index (χ0n) is 16.5. The number of amides is 2. The minimum absolute atomic E-state index is 0.250. The number of nitrogens with zero attached hydrogens (tertiary/aromatic N) is 3. The fourth-order valence-corrected chi connectivity index (χ4v) is 1.69. The number of anilines is 1. The van der Waals surface area contributed by atoms with Crippen molar-refractivity contribution in [1.29, 1.82) is 0 Å². The number of aromatic nitrogens is 3. The molecule has 2 amide bonds. The second-order valence-electron chi connectivity index (χ2n) is 5.04. The second-order valence-corrected chi connectivity index (χ2v) is 5.04. The Balaban J connectivity index is 0. The third-order valence-corrected chi connectivity index (χ3v) is 2.79. The number of ether oxygens (including phenoxy) is 1.